The van der Waals surface area contributed by atoms with Crippen LogP contribution in [-0.4, -0.2) is 18.0 Å². The summed E-state index contributed by atoms with van der Waals surface area (Å²) in [5.41, 5.74) is 4.93. The molecule has 0 radical (unpaired) electrons. The van der Waals surface area contributed by atoms with Crippen LogP contribution in [0.15, 0.2) is 61.2 Å². The third-order valence-electron chi connectivity index (χ3n) is 3.81. The first-order valence-corrected chi connectivity index (χ1v) is 6.94. The van der Waals surface area contributed by atoms with Crippen LogP contribution in [0.4, 0.5) is 0 Å². The molecular formula is C18H19N. The topological polar surface area (TPSA) is 3.24 Å². The van der Waals surface area contributed by atoms with E-state index in [4.69, 9.17) is 0 Å². The molecule has 1 saturated heterocycles. The van der Waals surface area contributed by atoms with Gasteiger partial charge in [-0.1, -0.05) is 61.2 Å². The van der Waals surface area contributed by atoms with Crippen LogP contribution in [-0.2, 0) is 0 Å². The van der Waals surface area contributed by atoms with Gasteiger partial charge in [0.2, 0.25) is 0 Å². The van der Waals surface area contributed by atoms with Crippen molar-refractivity contribution in [1.82, 2.24) is 4.90 Å². The second-order valence-corrected chi connectivity index (χ2v) is 5.08. The fourth-order valence-electron chi connectivity index (χ4n) is 2.66. The van der Waals surface area contributed by atoms with Gasteiger partial charge in [-0.2, -0.15) is 0 Å². The summed E-state index contributed by atoms with van der Waals surface area (Å²) in [6, 6.07) is 19.2. The van der Waals surface area contributed by atoms with Crippen LogP contribution in [0.3, 0.4) is 0 Å². The molecule has 0 unspecified atom stereocenters. The Morgan fingerprint density at radius 2 is 1.37 bits per heavy atom. The highest BCUT2D eigenvalue weighted by Gasteiger charge is 2.14. The van der Waals surface area contributed by atoms with E-state index in [0.29, 0.717) is 0 Å². The summed E-state index contributed by atoms with van der Waals surface area (Å²) in [5.74, 6) is 0. The van der Waals surface area contributed by atoms with Crippen LogP contribution in [0, 0.1) is 0 Å². The van der Waals surface area contributed by atoms with Gasteiger partial charge in [0.25, 0.3) is 0 Å². The first kappa shape index (κ1) is 12.0. The van der Waals surface area contributed by atoms with Crippen molar-refractivity contribution in [2.24, 2.45) is 0 Å². The molecule has 1 aliphatic heterocycles. The number of benzene rings is 2. The van der Waals surface area contributed by atoms with Crippen LogP contribution in [0.2, 0.25) is 0 Å². The SMILES string of the molecule is C=C(c1ccc(-c2ccccc2)cc1)N1CCCC1. The van der Waals surface area contributed by atoms with Crippen molar-refractivity contribution in [2.45, 2.75) is 12.8 Å². The minimum absolute atomic E-state index is 1.15. The molecule has 0 saturated carbocycles. The predicted molar refractivity (Wildman–Crippen MR) is 81.7 cm³/mol. The van der Waals surface area contributed by atoms with Gasteiger partial charge in [-0.05, 0) is 29.5 Å². The third-order valence-corrected chi connectivity index (χ3v) is 3.81. The van der Waals surface area contributed by atoms with E-state index in [1.165, 1.54) is 29.5 Å². The lowest BCUT2D eigenvalue weighted by Crippen LogP contribution is -2.16. The zero-order valence-electron chi connectivity index (χ0n) is 11.2. The van der Waals surface area contributed by atoms with Crippen molar-refractivity contribution in [3.63, 3.8) is 0 Å². The van der Waals surface area contributed by atoms with Gasteiger partial charge >= 0.3 is 0 Å². The van der Waals surface area contributed by atoms with Crippen LogP contribution < -0.4 is 0 Å². The molecule has 0 aliphatic carbocycles. The molecule has 19 heavy (non-hydrogen) atoms. The average molecular weight is 249 g/mol. The number of rotatable bonds is 3. The van der Waals surface area contributed by atoms with Crippen molar-refractivity contribution in [1.29, 1.82) is 0 Å². The maximum absolute atomic E-state index is 4.24. The normalized spacial score (nSPS) is 14.6. The number of nitrogens with zero attached hydrogens (tertiary/aromatic N) is 1. The van der Waals surface area contributed by atoms with E-state index in [1.807, 2.05) is 6.07 Å². The molecule has 1 heteroatoms. The van der Waals surface area contributed by atoms with Crippen LogP contribution >= 0.6 is 0 Å². The highest BCUT2D eigenvalue weighted by molar-refractivity contribution is 5.68. The third kappa shape index (κ3) is 2.55. The number of hydrogen-bond donors (Lipinski definition) is 0. The summed E-state index contributed by atoms with van der Waals surface area (Å²) < 4.78 is 0. The van der Waals surface area contributed by atoms with Crippen molar-refractivity contribution >= 4 is 5.70 Å². The molecule has 0 aromatic heterocycles. The van der Waals surface area contributed by atoms with Crippen LogP contribution in [0.25, 0.3) is 16.8 Å². The molecular weight excluding hydrogens is 230 g/mol. The Labute approximate surface area is 115 Å². The Bertz CT molecular complexity index is 548. The predicted octanol–water partition coefficient (Wildman–Crippen LogP) is 4.42. The summed E-state index contributed by atoms with van der Waals surface area (Å²) in [6.07, 6.45) is 2.59. The number of hydrogen-bond acceptors (Lipinski definition) is 1. The molecule has 0 N–H and O–H groups in total. The maximum atomic E-state index is 4.24. The van der Waals surface area contributed by atoms with Gasteiger partial charge in [-0.25, -0.2) is 0 Å². The van der Waals surface area contributed by atoms with Crippen LogP contribution in [0.5, 0.6) is 0 Å². The van der Waals surface area contributed by atoms with Gasteiger partial charge in [0.15, 0.2) is 0 Å². The molecule has 1 fully saturated rings. The van der Waals surface area contributed by atoms with Crippen molar-refractivity contribution in [3.05, 3.63) is 66.7 Å². The molecule has 0 amide bonds. The second-order valence-electron chi connectivity index (χ2n) is 5.08. The lowest BCUT2D eigenvalue weighted by Gasteiger charge is -2.20. The Balaban J connectivity index is 1.81. The molecule has 1 nitrogen and oxygen atoms in total. The maximum Gasteiger partial charge on any atom is 0.0366 e. The smallest absolute Gasteiger partial charge is 0.0366 e. The van der Waals surface area contributed by atoms with Crippen LogP contribution in [0.1, 0.15) is 18.4 Å². The lowest BCUT2D eigenvalue weighted by atomic mass is 10.0. The van der Waals surface area contributed by atoms with E-state index in [9.17, 15) is 0 Å². The Hall–Kier alpha value is -2.02. The van der Waals surface area contributed by atoms with Gasteiger partial charge < -0.3 is 4.90 Å². The summed E-state index contributed by atoms with van der Waals surface area (Å²) in [7, 11) is 0. The largest absolute Gasteiger partial charge is 0.372 e. The molecule has 2 aromatic rings. The van der Waals surface area contributed by atoms with Crippen molar-refractivity contribution in [2.75, 3.05) is 13.1 Å². The van der Waals surface area contributed by atoms with Gasteiger partial charge in [0, 0.05) is 18.8 Å². The molecule has 0 atom stereocenters. The molecule has 1 heterocycles. The van der Waals surface area contributed by atoms with E-state index in [2.05, 4.69) is 60.0 Å². The fraction of sp³-hybridized carbons (Fsp3) is 0.222. The quantitative estimate of drug-likeness (QED) is 0.778. The molecule has 96 valence electrons. The minimum atomic E-state index is 1.15. The Morgan fingerprint density at radius 3 is 2.00 bits per heavy atom. The summed E-state index contributed by atoms with van der Waals surface area (Å²) >= 11 is 0. The average Bonchev–Trinajstić information content (AvgIpc) is 3.02. The monoisotopic (exact) mass is 249 g/mol. The molecule has 1 aliphatic rings. The zero-order valence-corrected chi connectivity index (χ0v) is 11.2. The van der Waals surface area contributed by atoms with Gasteiger partial charge in [-0.3, -0.25) is 0 Å². The number of likely N-dealkylation sites (tertiary alicyclic amines) is 1. The highest BCUT2D eigenvalue weighted by Crippen LogP contribution is 2.25. The lowest BCUT2D eigenvalue weighted by molar-refractivity contribution is 0.494. The summed E-state index contributed by atoms with van der Waals surface area (Å²) in [4.78, 5) is 2.39. The van der Waals surface area contributed by atoms with Gasteiger partial charge in [0.05, 0.1) is 0 Å². The van der Waals surface area contributed by atoms with Crippen molar-refractivity contribution in [3.8, 4) is 11.1 Å². The molecule has 3 rings (SSSR count). The first-order chi connectivity index (χ1) is 9.34. The Morgan fingerprint density at radius 1 is 0.789 bits per heavy atom. The minimum Gasteiger partial charge on any atom is -0.372 e. The van der Waals surface area contributed by atoms with E-state index < -0.39 is 0 Å². The molecule has 0 spiro atoms. The Kier molecular flexibility index (Phi) is 3.37. The second kappa shape index (κ2) is 5.31. The first-order valence-electron chi connectivity index (χ1n) is 6.94. The summed E-state index contributed by atoms with van der Waals surface area (Å²) in [6.45, 7) is 6.54. The molecule has 0 bridgehead atoms. The van der Waals surface area contributed by atoms with Crippen molar-refractivity contribution < 1.29 is 0 Å². The fourth-order valence-corrected chi connectivity index (χ4v) is 2.66. The zero-order chi connectivity index (χ0) is 13.1. The molecule has 2 aromatic carbocycles. The van der Waals surface area contributed by atoms with Gasteiger partial charge in [-0.15, -0.1) is 0 Å². The van der Waals surface area contributed by atoms with E-state index in [-0.39, 0.29) is 0 Å². The standard InChI is InChI=1S/C18H19N/c1-15(19-13-5-6-14-19)16-9-11-18(12-10-16)17-7-3-2-4-8-17/h2-4,7-12H,1,5-6,13-14H2. The van der Waals surface area contributed by atoms with Gasteiger partial charge in [0.1, 0.15) is 0 Å². The van der Waals surface area contributed by atoms with E-state index in [1.54, 1.807) is 0 Å². The van der Waals surface area contributed by atoms with E-state index >= 15 is 0 Å². The summed E-state index contributed by atoms with van der Waals surface area (Å²) in [5, 5.41) is 0. The highest BCUT2D eigenvalue weighted by atomic mass is 15.1. The van der Waals surface area contributed by atoms with E-state index in [0.717, 1.165) is 18.8 Å².